The summed E-state index contributed by atoms with van der Waals surface area (Å²) >= 11 is 14.3. The van der Waals surface area contributed by atoms with Gasteiger partial charge in [-0.2, -0.15) is 0 Å². The summed E-state index contributed by atoms with van der Waals surface area (Å²) in [5, 5.41) is 0.311. The average Bonchev–Trinajstić information content (AvgIpc) is 2.73. The van der Waals surface area contributed by atoms with E-state index in [2.05, 4.69) is 15.9 Å². The summed E-state index contributed by atoms with van der Waals surface area (Å²) in [5.74, 6) is -0.182. The second-order valence-electron chi connectivity index (χ2n) is 6.78. The van der Waals surface area contributed by atoms with E-state index in [1.807, 2.05) is 25.1 Å². The Kier molecular flexibility index (Phi) is 9.68. The van der Waals surface area contributed by atoms with Gasteiger partial charge in [-0.05, 0) is 50.4 Å². The van der Waals surface area contributed by atoms with E-state index in [4.69, 9.17) is 27.9 Å². The molecule has 1 aromatic carbocycles. The first-order valence-electron chi connectivity index (χ1n) is 9.47. The molecule has 1 amide bonds. The number of anilines is 1. The van der Waals surface area contributed by atoms with Crippen LogP contribution in [0.2, 0.25) is 0 Å². The van der Waals surface area contributed by atoms with E-state index >= 15 is 0 Å². The maximum atomic E-state index is 12.4. The molecular weight excluding hydrogens is 515 g/mol. The van der Waals surface area contributed by atoms with Gasteiger partial charge in [-0.15, -0.1) is 0 Å². The molecule has 2 heterocycles. The zero-order valence-electron chi connectivity index (χ0n) is 16.9. The van der Waals surface area contributed by atoms with Gasteiger partial charge in [0.15, 0.2) is 0 Å². The lowest BCUT2D eigenvalue weighted by Gasteiger charge is -2.39. The number of allylic oxidation sites excluding steroid dienone is 2. The third-order valence-corrected chi connectivity index (χ3v) is 7.87. The van der Waals surface area contributed by atoms with Crippen LogP contribution in [0.3, 0.4) is 0 Å². The first kappa shape index (κ1) is 25.2. The fourth-order valence-electron chi connectivity index (χ4n) is 3.29. The van der Waals surface area contributed by atoms with Gasteiger partial charge in [-0.25, -0.2) is 17.5 Å². The van der Waals surface area contributed by atoms with Gasteiger partial charge in [0.05, 0.1) is 11.4 Å². The zero-order valence-corrected chi connectivity index (χ0v) is 20.8. The van der Waals surface area contributed by atoms with Gasteiger partial charge in [0, 0.05) is 34.2 Å². The number of piperidine rings is 1. The van der Waals surface area contributed by atoms with Crippen LogP contribution < -0.4 is 4.90 Å². The molecule has 166 valence electrons. The zero-order chi connectivity index (χ0) is 22.3. The second kappa shape index (κ2) is 11.5. The Balaban J connectivity index is 0.000000735. The molecule has 1 saturated heterocycles. The highest BCUT2D eigenvalue weighted by atomic mass is 79.9. The van der Waals surface area contributed by atoms with Crippen molar-refractivity contribution in [2.75, 3.05) is 23.7 Å². The quantitative estimate of drug-likeness (QED) is 0.499. The summed E-state index contributed by atoms with van der Waals surface area (Å²) in [5.41, 5.74) is 3.25. The highest BCUT2D eigenvalue weighted by Gasteiger charge is 2.36. The van der Waals surface area contributed by atoms with Crippen molar-refractivity contribution in [1.29, 1.82) is 0 Å². The molecular formula is C20H25BrCl2N2O4S. The molecule has 0 radical (unpaired) electrons. The second-order valence-corrected chi connectivity index (χ2v) is 10.4. The maximum Gasteiger partial charge on any atom is 0.414 e. The van der Waals surface area contributed by atoms with Crippen LogP contribution in [-0.2, 0) is 21.4 Å². The molecule has 3 rings (SSSR count). The third-order valence-electron chi connectivity index (χ3n) is 4.79. The van der Waals surface area contributed by atoms with Crippen molar-refractivity contribution in [1.82, 2.24) is 4.31 Å². The minimum atomic E-state index is -3.44. The first-order valence-corrected chi connectivity index (χ1v) is 12.7. The van der Waals surface area contributed by atoms with Gasteiger partial charge in [-0.3, -0.25) is 4.90 Å². The molecule has 0 aliphatic carbocycles. The van der Waals surface area contributed by atoms with Crippen molar-refractivity contribution in [3.05, 3.63) is 51.0 Å². The summed E-state index contributed by atoms with van der Waals surface area (Å²) in [6.07, 6.45) is 4.08. The number of halogens is 3. The number of hydrogen-bond donors (Lipinski definition) is 0. The van der Waals surface area contributed by atoms with E-state index in [9.17, 15) is 13.2 Å². The fourth-order valence-corrected chi connectivity index (χ4v) is 5.57. The molecule has 0 bridgehead atoms. The molecule has 0 N–H and O–H groups in total. The molecule has 0 unspecified atom stereocenters. The Morgan fingerprint density at radius 1 is 1.30 bits per heavy atom. The first-order chi connectivity index (χ1) is 14.2. The summed E-state index contributed by atoms with van der Waals surface area (Å²) in [7, 11) is -3.44. The number of carbonyl (C=O) groups is 1. The number of cyclic esters (lactones) is 1. The van der Waals surface area contributed by atoms with Crippen LogP contribution in [0, 0.1) is 0 Å². The lowest BCUT2D eigenvalue weighted by molar-refractivity contribution is 0.136. The number of sulfonamides is 1. The molecule has 30 heavy (non-hydrogen) atoms. The molecule has 2 aliphatic heterocycles. The van der Waals surface area contributed by atoms with Crippen LogP contribution in [0.25, 0.3) is 0 Å². The average molecular weight is 540 g/mol. The molecule has 2 aliphatic rings. The van der Waals surface area contributed by atoms with Crippen LogP contribution in [0.15, 0.2) is 45.4 Å². The van der Waals surface area contributed by atoms with Crippen molar-refractivity contribution in [2.24, 2.45) is 0 Å². The molecule has 6 nitrogen and oxygen atoms in total. The number of benzene rings is 1. The number of nitrogens with zero attached hydrogens (tertiary/aromatic N) is 2. The molecule has 0 aromatic heterocycles. The van der Waals surface area contributed by atoms with E-state index in [0.29, 0.717) is 31.0 Å². The minimum absolute atomic E-state index is 0.0913. The summed E-state index contributed by atoms with van der Waals surface area (Å²) in [6, 6.07) is 5.64. The predicted octanol–water partition coefficient (Wildman–Crippen LogP) is 5.60. The van der Waals surface area contributed by atoms with Gasteiger partial charge in [0.2, 0.25) is 10.0 Å². The van der Waals surface area contributed by atoms with Gasteiger partial charge >= 0.3 is 6.09 Å². The highest BCUT2D eigenvalue weighted by Crippen LogP contribution is 2.34. The number of amides is 1. The van der Waals surface area contributed by atoms with Crippen molar-refractivity contribution < 1.29 is 17.9 Å². The largest absolute Gasteiger partial charge is 0.444 e. The molecule has 0 spiro atoms. The Morgan fingerprint density at radius 2 is 1.93 bits per heavy atom. The monoisotopic (exact) mass is 538 g/mol. The van der Waals surface area contributed by atoms with Crippen LogP contribution >= 0.6 is 39.1 Å². The Morgan fingerprint density at radius 3 is 2.50 bits per heavy atom. The van der Waals surface area contributed by atoms with Crippen molar-refractivity contribution in [2.45, 2.75) is 39.3 Å². The van der Waals surface area contributed by atoms with Crippen LogP contribution in [0.5, 0.6) is 0 Å². The fraction of sp³-hybridized carbons (Fsp3) is 0.450. The minimum Gasteiger partial charge on any atom is -0.444 e. The van der Waals surface area contributed by atoms with E-state index in [1.165, 1.54) is 9.84 Å². The summed E-state index contributed by atoms with van der Waals surface area (Å²) < 4.78 is 32.5. The van der Waals surface area contributed by atoms with Crippen LogP contribution in [-0.4, -0.2) is 43.7 Å². The Bertz CT molecular complexity index is 909. The summed E-state index contributed by atoms with van der Waals surface area (Å²) in [4.78, 5) is 14.0. The van der Waals surface area contributed by atoms with E-state index in [0.717, 1.165) is 15.7 Å². The van der Waals surface area contributed by atoms with E-state index < -0.39 is 10.0 Å². The molecule has 0 saturated carbocycles. The third kappa shape index (κ3) is 6.47. The topological polar surface area (TPSA) is 66.9 Å². The Hall–Kier alpha value is -1.06. The normalized spacial score (nSPS) is 18.6. The van der Waals surface area contributed by atoms with Gasteiger partial charge in [-0.1, -0.05) is 51.3 Å². The molecule has 1 aromatic rings. The standard InChI is InChI=1S/C17H20BrClN2O4S.C3H5Cl/c1-2-14(19)11-26(23,24)20-7-5-15(6-8-20)21-16-4-3-13(18)9-12(16)10-25-17(21)22;1-2-3-4/h2-4,9,15H,5-8,10-11H2,1H3;2-3H,1H3/b14-2+;3-2+. The SMILES string of the molecule is C/C=C(/Cl)CS(=O)(=O)N1CCC(N2C(=O)OCc3cc(Br)ccc32)CC1.C/C=C/Cl. The van der Waals surface area contributed by atoms with E-state index in [-0.39, 0.29) is 24.5 Å². The predicted molar refractivity (Wildman–Crippen MR) is 125 cm³/mol. The van der Waals surface area contributed by atoms with Crippen molar-refractivity contribution in [3.63, 3.8) is 0 Å². The molecule has 0 atom stereocenters. The Labute approximate surface area is 196 Å². The van der Waals surface area contributed by atoms with Crippen LogP contribution in [0.4, 0.5) is 10.5 Å². The highest BCUT2D eigenvalue weighted by molar-refractivity contribution is 9.10. The van der Waals surface area contributed by atoms with Crippen molar-refractivity contribution in [3.8, 4) is 0 Å². The summed E-state index contributed by atoms with van der Waals surface area (Å²) in [6.45, 7) is 4.54. The number of rotatable bonds is 4. The lowest BCUT2D eigenvalue weighted by atomic mass is 10.0. The number of hydrogen-bond acceptors (Lipinski definition) is 4. The van der Waals surface area contributed by atoms with Gasteiger partial charge in [0.1, 0.15) is 6.61 Å². The van der Waals surface area contributed by atoms with Crippen molar-refractivity contribution >= 4 is 60.9 Å². The van der Waals surface area contributed by atoms with Gasteiger partial charge < -0.3 is 4.74 Å². The van der Waals surface area contributed by atoms with Gasteiger partial charge in [0.25, 0.3) is 0 Å². The van der Waals surface area contributed by atoms with E-state index in [1.54, 1.807) is 24.0 Å². The molecule has 1 fully saturated rings. The molecule has 10 heteroatoms. The lowest BCUT2D eigenvalue weighted by Crippen LogP contribution is -2.50. The number of carbonyl (C=O) groups excluding carboxylic acids is 1. The number of ether oxygens (including phenoxy) is 1. The maximum absolute atomic E-state index is 12.4. The number of fused-ring (bicyclic) bond motifs is 1. The van der Waals surface area contributed by atoms with Crippen LogP contribution in [0.1, 0.15) is 32.3 Å². The smallest absolute Gasteiger partial charge is 0.414 e.